The lowest BCUT2D eigenvalue weighted by molar-refractivity contribution is -0.384. The van der Waals surface area contributed by atoms with Crippen LogP contribution in [0.15, 0.2) is 85.6 Å². The fourth-order valence-electron chi connectivity index (χ4n) is 3.64. The van der Waals surface area contributed by atoms with Crippen LogP contribution in [0, 0.1) is 10.1 Å². The highest BCUT2D eigenvalue weighted by Gasteiger charge is 2.33. The number of aliphatic imine (C=N–C) groups is 1. The van der Waals surface area contributed by atoms with Gasteiger partial charge in [0.05, 0.1) is 24.5 Å². The largest absolute Gasteiger partial charge is 0.487 e. The molecular formula is C27H23Br2N3O5S. The fraction of sp³-hybridized carbons (Fsp3) is 0.185. The number of thioether (sulfide) groups is 1. The number of non-ortho nitro benzene ring substituents is 1. The number of amidine groups is 1. The summed E-state index contributed by atoms with van der Waals surface area (Å²) in [6.07, 6.45) is 2.52. The highest BCUT2D eigenvalue weighted by Crippen LogP contribution is 2.39. The first kappa shape index (κ1) is 28.0. The molecule has 0 spiro atoms. The van der Waals surface area contributed by atoms with Crippen molar-refractivity contribution in [2.24, 2.45) is 4.99 Å². The number of hydrogen-bond donors (Lipinski definition) is 0. The van der Waals surface area contributed by atoms with Crippen LogP contribution in [0.4, 0.5) is 11.4 Å². The maximum atomic E-state index is 13.3. The van der Waals surface area contributed by atoms with Crippen molar-refractivity contribution in [1.82, 2.24) is 4.90 Å². The van der Waals surface area contributed by atoms with Gasteiger partial charge in [0.2, 0.25) is 0 Å². The third-order valence-electron chi connectivity index (χ3n) is 5.42. The Labute approximate surface area is 241 Å². The molecule has 1 aliphatic heterocycles. The third-order valence-corrected chi connectivity index (χ3v) is 7.61. The van der Waals surface area contributed by atoms with E-state index < -0.39 is 4.92 Å². The van der Waals surface area contributed by atoms with Crippen LogP contribution in [-0.4, -0.2) is 41.2 Å². The molecular weight excluding hydrogens is 638 g/mol. The molecule has 4 rings (SSSR count). The molecule has 0 N–H and O–H groups in total. The summed E-state index contributed by atoms with van der Waals surface area (Å²) in [5, 5.41) is 11.7. The number of nitro benzene ring substituents is 1. The third kappa shape index (κ3) is 7.10. The molecule has 0 atom stereocenters. The van der Waals surface area contributed by atoms with Crippen molar-refractivity contribution in [2.75, 3.05) is 20.3 Å². The number of nitro groups is 1. The first-order valence-electron chi connectivity index (χ1n) is 11.5. The number of nitrogens with zero attached hydrogens (tertiary/aromatic N) is 3. The fourth-order valence-corrected chi connectivity index (χ4v) is 6.11. The number of methoxy groups -OCH3 is 1. The lowest BCUT2D eigenvalue weighted by atomic mass is 10.2. The van der Waals surface area contributed by atoms with Crippen molar-refractivity contribution < 1.29 is 19.2 Å². The zero-order valence-electron chi connectivity index (χ0n) is 20.3. The van der Waals surface area contributed by atoms with Crippen molar-refractivity contribution >= 4 is 72.1 Å². The van der Waals surface area contributed by atoms with Gasteiger partial charge in [-0.25, -0.2) is 4.99 Å². The van der Waals surface area contributed by atoms with Crippen LogP contribution in [0.5, 0.6) is 5.75 Å². The smallest absolute Gasteiger partial charge is 0.269 e. The Balaban J connectivity index is 1.55. The van der Waals surface area contributed by atoms with Crippen LogP contribution in [0.1, 0.15) is 17.5 Å². The number of rotatable bonds is 10. The van der Waals surface area contributed by atoms with Gasteiger partial charge in [-0.2, -0.15) is 0 Å². The molecule has 0 unspecified atom stereocenters. The molecule has 0 radical (unpaired) electrons. The molecule has 3 aromatic carbocycles. The molecule has 1 heterocycles. The Morgan fingerprint density at radius 1 is 1.08 bits per heavy atom. The van der Waals surface area contributed by atoms with E-state index in [0.717, 1.165) is 11.3 Å². The minimum atomic E-state index is -0.436. The summed E-state index contributed by atoms with van der Waals surface area (Å²) in [6, 6.07) is 19.6. The van der Waals surface area contributed by atoms with E-state index in [9.17, 15) is 14.9 Å². The molecule has 0 aliphatic carbocycles. The number of para-hydroxylation sites is 1. The summed E-state index contributed by atoms with van der Waals surface area (Å²) >= 11 is 8.43. The van der Waals surface area contributed by atoms with Gasteiger partial charge in [-0.15, -0.1) is 0 Å². The maximum Gasteiger partial charge on any atom is 0.269 e. The van der Waals surface area contributed by atoms with E-state index in [0.29, 0.717) is 49.9 Å². The highest BCUT2D eigenvalue weighted by atomic mass is 79.9. The Morgan fingerprint density at radius 3 is 2.50 bits per heavy atom. The average Bonchev–Trinajstić information content (AvgIpc) is 3.18. The monoisotopic (exact) mass is 659 g/mol. The second-order valence-corrected chi connectivity index (χ2v) is 10.9. The Morgan fingerprint density at radius 2 is 1.82 bits per heavy atom. The van der Waals surface area contributed by atoms with Gasteiger partial charge in [0.1, 0.15) is 12.4 Å². The van der Waals surface area contributed by atoms with Crippen LogP contribution >= 0.6 is 43.6 Å². The normalized spacial score (nSPS) is 15.4. The van der Waals surface area contributed by atoms with Crippen LogP contribution in [0.2, 0.25) is 0 Å². The van der Waals surface area contributed by atoms with E-state index in [2.05, 4.69) is 31.9 Å². The van der Waals surface area contributed by atoms with Gasteiger partial charge in [-0.05, 0) is 91.5 Å². The number of carbonyl (C=O) groups excluding carboxylic acids is 1. The van der Waals surface area contributed by atoms with Crippen LogP contribution in [-0.2, 0) is 16.1 Å². The zero-order valence-corrected chi connectivity index (χ0v) is 24.3. The molecule has 38 heavy (non-hydrogen) atoms. The van der Waals surface area contributed by atoms with Gasteiger partial charge in [-0.1, -0.05) is 30.3 Å². The van der Waals surface area contributed by atoms with Crippen molar-refractivity contribution in [2.45, 2.75) is 13.0 Å². The lowest BCUT2D eigenvalue weighted by Gasteiger charge is -2.15. The number of amides is 1. The second-order valence-electron chi connectivity index (χ2n) is 8.17. The summed E-state index contributed by atoms with van der Waals surface area (Å²) in [6.45, 7) is 1.20. The zero-order chi connectivity index (χ0) is 27.1. The van der Waals surface area contributed by atoms with Crippen molar-refractivity contribution in [3.63, 3.8) is 0 Å². The Bertz CT molecular complexity index is 1380. The van der Waals surface area contributed by atoms with E-state index in [1.54, 1.807) is 24.1 Å². The molecule has 8 nitrogen and oxygen atoms in total. The first-order chi connectivity index (χ1) is 18.4. The van der Waals surface area contributed by atoms with Crippen LogP contribution < -0.4 is 4.74 Å². The van der Waals surface area contributed by atoms with Gasteiger partial charge in [0.15, 0.2) is 5.17 Å². The topological polar surface area (TPSA) is 94.3 Å². The summed E-state index contributed by atoms with van der Waals surface area (Å²) in [5.74, 6) is 0.440. The molecule has 0 aromatic heterocycles. The minimum absolute atomic E-state index is 0.0105. The standard InChI is InChI=1S/C27H23Br2N3O5S/c1-36-12-6-11-31-26(33)24(38-27(31)30-20-8-3-2-4-9-20)16-19-14-22(28)25(23(29)15-19)37-17-18-7-5-10-21(13-18)32(34)35/h2-5,7-10,13-16H,6,11-12,17H2,1H3/b24-16-,30-27?. The number of ether oxygens (including phenoxy) is 2. The molecule has 1 amide bonds. The maximum absolute atomic E-state index is 13.3. The number of hydrogen-bond acceptors (Lipinski definition) is 7. The van der Waals surface area contributed by atoms with Crippen molar-refractivity contribution in [3.05, 3.63) is 102 Å². The van der Waals surface area contributed by atoms with Gasteiger partial charge in [0, 0.05) is 32.4 Å². The summed E-state index contributed by atoms with van der Waals surface area (Å²) in [5.41, 5.74) is 2.25. The van der Waals surface area contributed by atoms with E-state index >= 15 is 0 Å². The second kappa shape index (κ2) is 13.2. The van der Waals surface area contributed by atoms with Gasteiger partial charge in [-0.3, -0.25) is 19.8 Å². The van der Waals surface area contributed by atoms with Crippen molar-refractivity contribution in [1.29, 1.82) is 0 Å². The predicted octanol–water partition coefficient (Wildman–Crippen LogP) is 7.34. The van der Waals surface area contributed by atoms with Crippen LogP contribution in [0.3, 0.4) is 0 Å². The van der Waals surface area contributed by atoms with E-state index in [-0.39, 0.29) is 18.2 Å². The molecule has 11 heteroatoms. The van der Waals surface area contributed by atoms with Gasteiger partial charge >= 0.3 is 0 Å². The highest BCUT2D eigenvalue weighted by molar-refractivity contribution is 9.11. The predicted molar refractivity (Wildman–Crippen MR) is 157 cm³/mol. The van der Waals surface area contributed by atoms with Gasteiger partial charge in [0.25, 0.3) is 11.6 Å². The molecule has 1 aliphatic rings. The number of halogens is 2. The number of carbonyl (C=O) groups is 1. The molecule has 0 saturated carbocycles. The van der Waals surface area contributed by atoms with Crippen molar-refractivity contribution in [3.8, 4) is 5.75 Å². The summed E-state index contributed by atoms with van der Waals surface area (Å²) < 4.78 is 12.5. The Hall–Kier alpha value is -2.99. The van der Waals surface area contributed by atoms with E-state index in [4.69, 9.17) is 14.5 Å². The molecule has 1 fully saturated rings. The molecule has 196 valence electrons. The minimum Gasteiger partial charge on any atom is -0.487 e. The SMILES string of the molecule is COCCCN1C(=O)/C(=C/c2cc(Br)c(OCc3cccc([N+](=O)[O-])c3)c(Br)c2)SC1=Nc1ccccc1. The molecule has 3 aromatic rings. The Kier molecular flexibility index (Phi) is 9.73. The molecule has 1 saturated heterocycles. The quantitative estimate of drug-likeness (QED) is 0.0978. The summed E-state index contributed by atoms with van der Waals surface area (Å²) in [4.78, 5) is 30.8. The number of benzene rings is 3. The average molecular weight is 661 g/mol. The van der Waals surface area contributed by atoms with E-state index in [1.165, 1.54) is 23.9 Å². The molecule has 0 bridgehead atoms. The summed E-state index contributed by atoms with van der Waals surface area (Å²) in [7, 11) is 1.64. The van der Waals surface area contributed by atoms with E-state index in [1.807, 2.05) is 48.5 Å². The first-order valence-corrected chi connectivity index (χ1v) is 13.9. The lowest BCUT2D eigenvalue weighted by Crippen LogP contribution is -2.30. The van der Waals surface area contributed by atoms with Crippen LogP contribution in [0.25, 0.3) is 6.08 Å². The van der Waals surface area contributed by atoms with Gasteiger partial charge < -0.3 is 9.47 Å².